The highest BCUT2D eigenvalue weighted by molar-refractivity contribution is 5.82. The molecule has 2 heterocycles. The maximum absolute atomic E-state index is 7.46. The summed E-state index contributed by atoms with van der Waals surface area (Å²) in [5.74, 6) is 1.58. The Hall–Kier alpha value is -1.47. The molecule has 0 aromatic carbocycles. The molecule has 0 amide bonds. The van der Waals surface area contributed by atoms with Gasteiger partial charge in [-0.25, -0.2) is 9.67 Å². The molecule has 1 unspecified atom stereocenters. The van der Waals surface area contributed by atoms with Crippen molar-refractivity contribution >= 4 is 5.84 Å². The first-order valence-electron chi connectivity index (χ1n) is 6.61. The number of nitrogens with two attached hydrogens (primary N) is 1. The summed E-state index contributed by atoms with van der Waals surface area (Å²) < 4.78 is 7.40. The van der Waals surface area contributed by atoms with Gasteiger partial charge in [-0.15, -0.1) is 0 Å². The highest BCUT2D eigenvalue weighted by Crippen LogP contribution is 2.10. The van der Waals surface area contributed by atoms with E-state index in [1.807, 2.05) is 4.68 Å². The van der Waals surface area contributed by atoms with E-state index < -0.39 is 0 Å². The van der Waals surface area contributed by atoms with Crippen LogP contribution in [0.25, 0.3) is 0 Å². The summed E-state index contributed by atoms with van der Waals surface area (Å²) in [5.41, 5.74) is 5.50. The minimum absolute atomic E-state index is 0.0911. The zero-order valence-corrected chi connectivity index (χ0v) is 11.5. The van der Waals surface area contributed by atoms with E-state index >= 15 is 0 Å². The number of ether oxygens (including phenoxy) is 1. The number of nitrogens with zero attached hydrogens (tertiary/aromatic N) is 4. The SMILES string of the molecule is CC(C)Cn1ncnc1CN1CCOC(C(=N)N)C1. The predicted molar refractivity (Wildman–Crippen MR) is 71.8 cm³/mol. The minimum Gasteiger partial charge on any atom is -0.385 e. The van der Waals surface area contributed by atoms with Crippen molar-refractivity contribution in [1.82, 2.24) is 19.7 Å². The summed E-state index contributed by atoms with van der Waals surface area (Å²) in [5, 5.41) is 11.7. The van der Waals surface area contributed by atoms with Crippen molar-refractivity contribution in [3.05, 3.63) is 12.2 Å². The molecule has 1 atom stereocenters. The Morgan fingerprint density at radius 1 is 1.63 bits per heavy atom. The van der Waals surface area contributed by atoms with Crippen molar-refractivity contribution in [2.75, 3.05) is 19.7 Å². The zero-order valence-electron chi connectivity index (χ0n) is 11.5. The van der Waals surface area contributed by atoms with Gasteiger partial charge in [-0.05, 0) is 5.92 Å². The second-order valence-electron chi connectivity index (χ2n) is 5.30. The van der Waals surface area contributed by atoms with Crippen LogP contribution in [0.2, 0.25) is 0 Å². The van der Waals surface area contributed by atoms with Crippen LogP contribution in [-0.4, -0.2) is 51.3 Å². The van der Waals surface area contributed by atoms with Crippen molar-refractivity contribution in [2.24, 2.45) is 11.7 Å². The standard InChI is InChI=1S/C12H22N6O/c1-9(2)5-18-11(15-8-16-18)7-17-3-4-19-10(6-17)12(13)14/h8-10H,3-7H2,1-2H3,(H3,13,14). The third kappa shape index (κ3) is 3.74. The van der Waals surface area contributed by atoms with Crippen LogP contribution in [0, 0.1) is 11.3 Å². The Bertz CT molecular complexity index is 430. The van der Waals surface area contributed by atoms with E-state index in [1.165, 1.54) is 0 Å². The number of aromatic nitrogens is 3. The van der Waals surface area contributed by atoms with E-state index in [-0.39, 0.29) is 11.9 Å². The molecule has 0 radical (unpaired) electrons. The number of hydrogen-bond acceptors (Lipinski definition) is 5. The molecule has 1 fully saturated rings. The first-order valence-corrected chi connectivity index (χ1v) is 6.61. The van der Waals surface area contributed by atoms with Gasteiger partial charge in [0.1, 0.15) is 24.1 Å². The first-order chi connectivity index (χ1) is 9.06. The van der Waals surface area contributed by atoms with E-state index in [2.05, 4.69) is 28.8 Å². The maximum Gasteiger partial charge on any atom is 0.141 e. The third-order valence-corrected chi connectivity index (χ3v) is 3.10. The summed E-state index contributed by atoms with van der Waals surface area (Å²) >= 11 is 0. The second kappa shape index (κ2) is 6.12. The van der Waals surface area contributed by atoms with Crippen molar-refractivity contribution in [3.63, 3.8) is 0 Å². The molecule has 0 bridgehead atoms. The van der Waals surface area contributed by atoms with Crippen LogP contribution in [0.15, 0.2) is 6.33 Å². The molecule has 0 saturated carbocycles. The summed E-state index contributed by atoms with van der Waals surface area (Å²) in [7, 11) is 0. The Labute approximate surface area is 113 Å². The van der Waals surface area contributed by atoms with Gasteiger partial charge in [0.2, 0.25) is 0 Å². The Balaban J connectivity index is 1.97. The molecular formula is C12H22N6O. The molecule has 0 spiro atoms. The fourth-order valence-electron chi connectivity index (χ4n) is 2.14. The van der Waals surface area contributed by atoms with E-state index in [0.717, 1.165) is 25.5 Å². The number of rotatable bonds is 5. The topological polar surface area (TPSA) is 93.0 Å². The van der Waals surface area contributed by atoms with Crippen LogP contribution in [0.4, 0.5) is 0 Å². The molecule has 1 saturated heterocycles. The minimum atomic E-state index is -0.296. The lowest BCUT2D eigenvalue weighted by Gasteiger charge is -2.31. The molecule has 7 heteroatoms. The van der Waals surface area contributed by atoms with Gasteiger partial charge in [0.15, 0.2) is 0 Å². The molecule has 19 heavy (non-hydrogen) atoms. The Morgan fingerprint density at radius 2 is 2.42 bits per heavy atom. The Kier molecular flexibility index (Phi) is 4.49. The van der Waals surface area contributed by atoms with Gasteiger partial charge in [0.05, 0.1) is 13.2 Å². The zero-order chi connectivity index (χ0) is 13.8. The molecule has 0 aliphatic carbocycles. The second-order valence-corrected chi connectivity index (χ2v) is 5.30. The normalized spacial score (nSPS) is 20.9. The summed E-state index contributed by atoms with van der Waals surface area (Å²) in [6.45, 7) is 7.98. The van der Waals surface area contributed by atoms with Gasteiger partial charge >= 0.3 is 0 Å². The molecule has 106 valence electrons. The largest absolute Gasteiger partial charge is 0.385 e. The van der Waals surface area contributed by atoms with Crippen molar-refractivity contribution < 1.29 is 4.74 Å². The van der Waals surface area contributed by atoms with E-state index in [4.69, 9.17) is 15.9 Å². The van der Waals surface area contributed by atoms with Gasteiger partial charge in [-0.1, -0.05) is 13.8 Å². The van der Waals surface area contributed by atoms with Gasteiger partial charge < -0.3 is 10.5 Å². The van der Waals surface area contributed by atoms with Crippen LogP contribution in [0.1, 0.15) is 19.7 Å². The van der Waals surface area contributed by atoms with Gasteiger partial charge in [-0.2, -0.15) is 5.10 Å². The maximum atomic E-state index is 7.46. The molecule has 2 rings (SSSR count). The lowest BCUT2D eigenvalue weighted by atomic mass is 10.2. The van der Waals surface area contributed by atoms with E-state index in [0.29, 0.717) is 19.1 Å². The molecule has 1 aliphatic heterocycles. The average Bonchev–Trinajstić information content (AvgIpc) is 2.76. The fourth-order valence-corrected chi connectivity index (χ4v) is 2.14. The van der Waals surface area contributed by atoms with E-state index in [1.54, 1.807) is 6.33 Å². The summed E-state index contributed by atoms with van der Waals surface area (Å²) in [6, 6.07) is 0. The van der Waals surface area contributed by atoms with Crippen molar-refractivity contribution in [1.29, 1.82) is 5.41 Å². The molecule has 3 N–H and O–H groups in total. The average molecular weight is 266 g/mol. The number of morpholine rings is 1. The van der Waals surface area contributed by atoms with Crippen LogP contribution in [-0.2, 0) is 17.8 Å². The number of amidine groups is 1. The lowest BCUT2D eigenvalue weighted by Crippen LogP contribution is -2.48. The van der Waals surface area contributed by atoms with Gasteiger partial charge in [-0.3, -0.25) is 10.3 Å². The fraction of sp³-hybridized carbons (Fsp3) is 0.750. The molecular weight excluding hydrogens is 244 g/mol. The van der Waals surface area contributed by atoms with E-state index in [9.17, 15) is 0 Å². The Morgan fingerprint density at radius 3 is 3.11 bits per heavy atom. The third-order valence-electron chi connectivity index (χ3n) is 3.10. The highest BCUT2D eigenvalue weighted by atomic mass is 16.5. The predicted octanol–water partition coefficient (Wildman–Crippen LogP) is 0.0709. The van der Waals surface area contributed by atoms with Crippen LogP contribution < -0.4 is 5.73 Å². The van der Waals surface area contributed by atoms with Crippen LogP contribution in [0.3, 0.4) is 0 Å². The van der Waals surface area contributed by atoms with Crippen molar-refractivity contribution in [2.45, 2.75) is 33.0 Å². The highest BCUT2D eigenvalue weighted by Gasteiger charge is 2.23. The van der Waals surface area contributed by atoms with Crippen molar-refractivity contribution in [3.8, 4) is 0 Å². The molecule has 1 aromatic heterocycles. The molecule has 1 aromatic rings. The summed E-state index contributed by atoms with van der Waals surface area (Å²) in [6.07, 6.45) is 1.30. The summed E-state index contributed by atoms with van der Waals surface area (Å²) in [4.78, 5) is 6.52. The number of hydrogen-bond donors (Lipinski definition) is 2. The van der Waals surface area contributed by atoms with Crippen LogP contribution >= 0.6 is 0 Å². The first kappa shape index (κ1) is 14.0. The van der Waals surface area contributed by atoms with Crippen LogP contribution in [0.5, 0.6) is 0 Å². The monoisotopic (exact) mass is 266 g/mol. The van der Waals surface area contributed by atoms with Gasteiger partial charge in [0.25, 0.3) is 0 Å². The van der Waals surface area contributed by atoms with Gasteiger partial charge in [0, 0.05) is 19.6 Å². The number of nitrogens with one attached hydrogen (secondary N) is 1. The molecule has 7 nitrogen and oxygen atoms in total. The molecule has 1 aliphatic rings. The lowest BCUT2D eigenvalue weighted by molar-refractivity contribution is 0.000887. The smallest absolute Gasteiger partial charge is 0.141 e. The quantitative estimate of drug-likeness (QED) is 0.581.